The molecule has 7 nitrogen and oxygen atoms in total. The molecule has 2 N–H and O–H groups in total. The van der Waals surface area contributed by atoms with Crippen molar-refractivity contribution in [1.82, 2.24) is 10.2 Å². The van der Waals surface area contributed by atoms with Crippen molar-refractivity contribution in [1.29, 1.82) is 0 Å². The number of rotatable bonds is 2. The number of likely N-dealkylation sites (tertiary alicyclic amines) is 1. The van der Waals surface area contributed by atoms with Gasteiger partial charge in [0.2, 0.25) is 5.91 Å². The number of hydrogen-bond donors (Lipinski definition) is 2. The zero-order chi connectivity index (χ0) is 16.6. The van der Waals surface area contributed by atoms with Gasteiger partial charge < -0.3 is 20.1 Å². The summed E-state index contributed by atoms with van der Waals surface area (Å²) in [6.07, 6.45) is 0.783. The van der Waals surface area contributed by atoms with E-state index in [1.807, 2.05) is 0 Å². The summed E-state index contributed by atoms with van der Waals surface area (Å²) in [7, 11) is 0. The van der Waals surface area contributed by atoms with Crippen LogP contribution in [0.15, 0.2) is 24.3 Å². The zero-order valence-corrected chi connectivity index (χ0v) is 12.7. The minimum atomic E-state index is -1.05. The number of benzene rings is 1. The van der Waals surface area contributed by atoms with Crippen LogP contribution in [0.5, 0.6) is 5.75 Å². The standard InChI is InChI=1S/C16H18N2O5/c1-10(15(21)22)18-9-8-16(7-6-13(18)19)17-14(20)11-4-2-3-5-12(11)23-16/h2-5,10H,6-9H2,1H3,(H,17,20)(H,21,22)/t10-,16+/m1/s1. The molecule has 2 aliphatic rings. The zero-order valence-electron chi connectivity index (χ0n) is 12.7. The lowest BCUT2D eigenvalue weighted by molar-refractivity contribution is -0.149. The third kappa shape index (κ3) is 2.74. The lowest BCUT2D eigenvalue weighted by Gasteiger charge is -2.38. The molecule has 2 heterocycles. The molecule has 1 aromatic rings. The van der Waals surface area contributed by atoms with Crippen molar-refractivity contribution in [2.45, 2.75) is 38.0 Å². The maximum atomic E-state index is 12.3. The Labute approximate surface area is 133 Å². The van der Waals surface area contributed by atoms with Gasteiger partial charge in [0.1, 0.15) is 11.8 Å². The molecule has 7 heteroatoms. The van der Waals surface area contributed by atoms with Crippen molar-refractivity contribution in [3.8, 4) is 5.75 Å². The van der Waals surface area contributed by atoms with Crippen LogP contribution in [0.2, 0.25) is 0 Å². The SMILES string of the molecule is C[C@H](C(=O)O)N1CC[C@@]2(CCC1=O)NC(=O)c1ccccc1O2. The summed E-state index contributed by atoms with van der Waals surface area (Å²) in [6, 6.07) is 6.04. The maximum absolute atomic E-state index is 12.3. The molecule has 2 atom stereocenters. The number of carboxylic acids is 1. The second-order valence-electron chi connectivity index (χ2n) is 5.90. The Hall–Kier alpha value is -2.57. The Balaban J connectivity index is 1.84. The van der Waals surface area contributed by atoms with Gasteiger partial charge in [0.25, 0.3) is 5.91 Å². The van der Waals surface area contributed by atoms with Crippen molar-refractivity contribution in [2.24, 2.45) is 0 Å². The van der Waals surface area contributed by atoms with Gasteiger partial charge in [0.15, 0.2) is 5.72 Å². The first-order valence-corrected chi connectivity index (χ1v) is 7.55. The predicted octanol–water partition coefficient (Wildman–Crippen LogP) is 0.991. The van der Waals surface area contributed by atoms with Crippen LogP contribution in [0.4, 0.5) is 0 Å². The Kier molecular flexibility index (Phi) is 3.71. The lowest BCUT2D eigenvalue weighted by Crippen LogP contribution is -2.56. The first-order chi connectivity index (χ1) is 10.9. The van der Waals surface area contributed by atoms with E-state index in [0.717, 1.165) is 0 Å². The highest BCUT2D eigenvalue weighted by Gasteiger charge is 2.43. The number of carbonyl (C=O) groups excluding carboxylic acids is 2. The fourth-order valence-electron chi connectivity index (χ4n) is 3.03. The van der Waals surface area contributed by atoms with E-state index in [0.29, 0.717) is 24.2 Å². The topological polar surface area (TPSA) is 95.9 Å². The molecule has 0 saturated carbocycles. The number of hydrogen-bond acceptors (Lipinski definition) is 4. The Morgan fingerprint density at radius 2 is 2.09 bits per heavy atom. The van der Waals surface area contributed by atoms with E-state index in [4.69, 9.17) is 9.84 Å². The number of fused-ring (bicyclic) bond motifs is 1. The first-order valence-electron chi connectivity index (χ1n) is 7.55. The molecule has 1 saturated heterocycles. The number of amides is 2. The van der Waals surface area contributed by atoms with E-state index in [-0.39, 0.29) is 24.8 Å². The molecule has 2 amide bonds. The molecule has 0 radical (unpaired) electrons. The van der Waals surface area contributed by atoms with Gasteiger partial charge in [-0.05, 0) is 19.1 Å². The van der Waals surface area contributed by atoms with Gasteiger partial charge in [-0.25, -0.2) is 4.79 Å². The summed E-state index contributed by atoms with van der Waals surface area (Å²) >= 11 is 0. The predicted molar refractivity (Wildman–Crippen MR) is 79.9 cm³/mol. The van der Waals surface area contributed by atoms with Gasteiger partial charge in [-0.1, -0.05) is 12.1 Å². The molecule has 0 aromatic heterocycles. The average Bonchev–Trinajstić information content (AvgIpc) is 2.67. The number of ether oxygens (including phenoxy) is 1. The maximum Gasteiger partial charge on any atom is 0.326 e. The van der Waals surface area contributed by atoms with E-state index in [2.05, 4.69) is 5.32 Å². The van der Waals surface area contributed by atoms with Crippen LogP contribution < -0.4 is 10.1 Å². The fraction of sp³-hybridized carbons (Fsp3) is 0.438. The van der Waals surface area contributed by atoms with E-state index in [9.17, 15) is 14.4 Å². The Bertz CT molecular complexity index is 674. The van der Waals surface area contributed by atoms with Gasteiger partial charge in [-0.15, -0.1) is 0 Å². The molecule has 1 spiro atoms. The van der Waals surface area contributed by atoms with E-state index >= 15 is 0 Å². The van der Waals surface area contributed by atoms with Crippen LogP contribution in [-0.2, 0) is 9.59 Å². The van der Waals surface area contributed by atoms with E-state index in [1.54, 1.807) is 24.3 Å². The fourth-order valence-corrected chi connectivity index (χ4v) is 3.03. The second-order valence-corrected chi connectivity index (χ2v) is 5.90. The summed E-state index contributed by atoms with van der Waals surface area (Å²) in [4.78, 5) is 37.0. The second kappa shape index (κ2) is 5.57. The summed E-state index contributed by atoms with van der Waals surface area (Å²) in [5, 5.41) is 12.0. The molecule has 23 heavy (non-hydrogen) atoms. The van der Waals surface area contributed by atoms with Crippen LogP contribution in [0.1, 0.15) is 36.5 Å². The molecular formula is C16H18N2O5. The van der Waals surface area contributed by atoms with Crippen molar-refractivity contribution < 1.29 is 24.2 Å². The highest BCUT2D eigenvalue weighted by molar-refractivity contribution is 5.98. The summed E-state index contributed by atoms with van der Waals surface area (Å²) in [5.74, 6) is -1.04. The van der Waals surface area contributed by atoms with E-state index < -0.39 is 17.7 Å². The number of carboxylic acid groups (broad SMARTS) is 1. The highest BCUT2D eigenvalue weighted by Crippen LogP contribution is 2.33. The highest BCUT2D eigenvalue weighted by atomic mass is 16.5. The summed E-state index contributed by atoms with van der Waals surface area (Å²) < 4.78 is 5.99. The van der Waals surface area contributed by atoms with Crippen LogP contribution in [0.25, 0.3) is 0 Å². The van der Waals surface area contributed by atoms with Gasteiger partial charge >= 0.3 is 5.97 Å². The molecule has 3 rings (SSSR count). The Morgan fingerprint density at radius 3 is 2.83 bits per heavy atom. The third-order valence-corrected chi connectivity index (χ3v) is 4.42. The minimum Gasteiger partial charge on any atom is -0.480 e. The molecular weight excluding hydrogens is 300 g/mol. The number of para-hydroxylation sites is 1. The lowest BCUT2D eigenvalue weighted by atomic mass is 10.0. The van der Waals surface area contributed by atoms with Crippen molar-refractivity contribution >= 4 is 17.8 Å². The summed E-state index contributed by atoms with van der Waals surface area (Å²) in [6.45, 7) is 1.70. The van der Waals surface area contributed by atoms with Gasteiger partial charge in [-0.2, -0.15) is 0 Å². The summed E-state index contributed by atoms with van der Waals surface area (Å²) in [5.41, 5.74) is -0.502. The van der Waals surface area contributed by atoms with Gasteiger partial charge in [-0.3, -0.25) is 9.59 Å². The van der Waals surface area contributed by atoms with Crippen LogP contribution in [0.3, 0.4) is 0 Å². The monoisotopic (exact) mass is 318 g/mol. The number of carbonyl (C=O) groups is 3. The number of nitrogens with one attached hydrogen (secondary N) is 1. The molecule has 122 valence electrons. The minimum absolute atomic E-state index is 0.125. The molecule has 2 aliphatic heterocycles. The normalized spacial score (nSPS) is 25.2. The van der Waals surface area contributed by atoms with Crippen LogP contribution in [-0.4, -0.2) is 46.1 Å². The average molecular weight is 318 g/mol. The van der Waals surface area contributed by atoms with Crippen molar-refractivity contribution in [2.75, 3.05) is 6.54 Å². The Morgan fingerprint density at radius 1 is 1.35 bits per heavy atom. The van der Waals surface area contributed by atoms with Crippen molar-refractivity contribution in [3.05, 3.63) is 29.8 Å². The number of aliphatic carboxylic acids is 1. The molecule has 0 aliphatic carbocycles. The quantitative estimate of drug-likeness (QED) is 0.848. The molecule has 1 aromatic carbocycles. The smallest absolute Gasteiger partial charge is 0.326 e. The first kappa shape index (κ1) is 15.3. The third-order valence-electron chi connectivity index (χ3n) is 4.42. The van der Waals surface area contributed by atoms with Gasteiger partial charge in [0.05, 0.1) is 5.56 Å². The van der Waals surface area contributed by atoms with E-state index in [1.165, 1.54) is 11.8 Å². The number of nitrogens with zero attached hydrogens (tertiary/aromatic N) is 1. The van der Waals surface area contributed by atoms with Crippen molar-refractivity contribution in [3.63, 3.8) is 0 Å². The van der Waals surface area contributed by atoms with Crippen LogP contribution >= 0.6 is 0 Å². The molecule has 0 bridgehead atoms. The molecule has 0 unspecified atom stereocenters. The molecule has 1 fully saturated rings. The largest absolute Gasteiger partial charge is 0.480 e. The van der Waals surface area contributed by atoms with Gasteiger partial charge in [0, 0.05) is 25.8 Å². The van der Waals surface area contributed by atoms with Crippen LogP contribution in [0, 0.1) is 0 Å².